The lowest BCUT2D eigenvalue weighted by atomic mass is 9.81. The van der Waals surface area contributed by atoms with E-state index in [9.17, 15) is 13.2 Å². The van der Waals surface area contributed by atoms with Gasteiger partial charge in [0.15, 0.2) is 0 Å². The van der Waals surface area contributed by atoms with Crippen LogP contribution >= 0.6 is 11.8 Å². The second-order valence-electron chi connectivity index (χ2n) is 6.44. The molecule has 1 fully saturated rings. The maximum absolute atomic E-state index is 12.4. The zero-order chi connectivity index (χ0) is 16.7. The summed E-state index contributed by atoms with van der Waals surface area (Å²) in [7, 11) is 0. The highest BCUT2D eigenvalue weighted by atomic mass is 32.2. The quantitative estimate of drug-likeness (QED) is 0.506. The molecule has 1 aromatic carbocycles. The fourth-order valence-electron chi connectivity index (χ4n) is 3.28. The summed E-state index contributed by atoms with van der Waals surface area (Å²) in [4.78, 5) is 0.271. The third kappa shape index (κ3) is 7.17. The molecule has 130 valence electrons. The Morgan fingerprint density at radius 2 is 1.83 bits per heavy atom. The molecule has 1 aromatic rings. The van der Waals surface area contributed by atoms with Crippen molar-refractivity contribution in [2.75, 3.05) is 13.1 Å². The van der Waals surface area contributed by atoms with Crippen LogP contribution in [0.25, 0.3) is 0 Å². The molecule has 0 amide bonds. The van der Waals surface area contributed by atoms with Gasteiger partial charge in [0.1, 0.15) is 0 Å². The number of halogens is 3. The van der Waals surface area contributed by atoms with E-state index in [4.69, 9.17) is 0 Å². The van der Waals surface area contributed by atoms with Crippen molar-refractivity contribution in [2.45, 2.75) is 55.9 Å². The van der Waals surface area contributed by atoms with Crippen LogP contribution in [0.15, 0.2) is 29.2 Å². The molecule has 0 heterocycles. The number of alkyl halides is 3. The van der Waals surface area contributed by atoms with Crippen molar-refractivity contribution in [3.05, 3.63) is 29.8 Å². The van der Waals surface area contributed by atoms with Crippen molar-refractivity contribution in [3.8, 4) is 0 Å². The molecule has 0 aromatic heterocycles. The molecule has 1 saturated carbocycles. The Hall–Kier alpha value is -0.680. The molecular formula is C18H26F3NS. The van der Waals surface area contributed by atoms with Crippen molar-refractivity contribution in [2.24, 2.45) is 11.8 Å². The third-order valence-electron chi connectivity index (χ3n) is 4.70. The van der Waals surface area contributed by atoms with E-state index in [2.05, 4.69) is 12.2 Å². The molecule has 0 saturated heterocycles. The van der Waals surface area contributed by atoms with E-state index in [-0.39, 0.29) is 16.7 Å². The average Bonchev–Trinajstić information content (AvgIpc) is 2.51. The summed E-state index contributed by atoms with van der Waals surface area (Å²) in [6.07, 6.45) is 7.38. The molecule has 5 heteroatoms. The Labute approximate surface area is 141 Å². The van der Waals surface area contributed by atoms with E-state index in [1.54, 1.807) is 12.1 Å². The first kappa shape index (κ1) is 18.7. The van der Waals surface area contributed by atoms with Crippen LogP contribution < -0.4 is 5.32 Å². The maximum Gasteiger partial charge on any atom is 0.446 e. The molecule has 1 N–H and O–H groups in total. The van der Waals surface area contributed by atoms with Gasteiger partial charge in [-0.3, -0.25) is 0 Å². The van der Waals surface area contributed by atoms with Crippen molar-refractivity contribution in [1.82, 2.24) is 5.32 Å². The van der Waals surface area contributed by atoms with Crippen molar-refractivity contribution in [3.63, 3.8) is 0 Å². The summed E-state index contributed by atoms with van der Waals surface area (Å²) in [6, 6.07) is 6.76. The molecule has 0 spiro atoms. The Balaban J connectivity index is 1.67. The van der Waals surface area contributed by atoms with Gasteiger partial charge in [0, 0.05) is 4.90 Å². The fraction of sp³-hybridized carbons (Fsp3) is 0.667. The lowest BCUT2D eigenvalue weighted by molar-refractivity contribution is -0.0328. The Morgan fingerprint density at radius 1 is 1.13 bits per heavy atom. The van der Waals surface area contributed by atoms with Gasteiger partial charge in [0.05, 0.1) is 0 Å². The van der Waals surface area contributed by atoms with Crippen LogP contribution in [-0.2, 0) is 6.42 Å². The van der Waals surface area contributed by atoms with E-state index in [0.717, 1.165) is 36.9 Å². The molecule has 23 heavy (non-hydrogen) atoms. The zero-order valence-electron chi connectivity index (χ0n) is 13.7. The summed E-state index contributed by atoms with van der Waals surface area (Å²) < 4.78 is 37.2. The molecule has 1 aliphatic carbocycles. The van der Waals surface area contributed by atoms with Crippen molar-refractivity contribution in [1.29, 1.82) is 0 Å². The van der Waals surface area contributed by atoms with E-state index in [0.29, 0.717) is 0 Å². The third-order valence-corrected chi connectivity index (χ3v) is 5.42. The van der Waals surface area contributed by atoms with Crippen LogP contribution in [0.1, 0.15) is 44.6 Å². The Bertz CT molecular complexity index is 468. The van der Waals surface area contributed by atoms with Crippen molar-refractivity contribution < 1.29 is 13.2 Å². The van der Waals surface area contributed by atoms with Gasteiger partial charge in [0.2, 0.25) is 0 Å². The average molecular weight is 345 g/mol. The molecule has 1 aliphatic rings. The van der Waals surface area contributed by atoms with Gasteiger partial charge in [0.25, 0.3) is 0 Å². The van der Waals surface area contributed by atoms with Gasteiger partial charge in [-0.15, -0.1) is 0 Å². The van der Waals surface area contributed by atoms with Crippen LogP contribution in [0.4, 0.5) is 13.2 Å². The van der Waals surface area contributed by atoms with Crippen molar-refractivity contribution >= 4 is 11.8 Å². The van der Waals surface area contributed by atoms with Gasteiger partial charge < -0.3 is 5.32 Å². The van der Waals surface area contributed by atoms with Gasteiger partial charge in [-0.25, -0.2) is 0 Å². The van der Waals surface area contributed by atoms with Gasteiger partial charge in [-0.05, 0) is 73.6 Å². The lowest BCUT2D eigenvalue weighted by Crippen LogP contribution is -2.27. The van der Waals surface area contributed by atoms with Gasteiger partial charge in [-0.2, -0.15) is 13.2 Å². The lowest BCUT2D eigenvalue weighted by Gasteiger charge is -2.27. The first-order valence-corrected chi connectivity index (χ1v) is 9.33. The first-order chi connectivity index (χ1) is 11.0. The fourth-order valence-corrected chi connectivity index (χ4v) is 3.91. The van der Waals surface area contributed by atoms with Crippen LogP contribution in [0.3, 0.4) is 0 Å². The van der Waals surface area contributed by atoms with E-state index >= 15 is 0 Å². The molecule has 2 rings (SSSR count). The number of thioether (sulfide) groups is 1. The zero-order valence-corrected chi connectivity index (χ0v) is 14.5. The van der Waals surface area contributed by atoms with Gasteiger partial charge in [-0.1, -0.05) is 38.3 Å². The number of benzene rings is 1. The Morgan fingerprint density at radius 3 is 2.48 bits per heavy atom. The molecule has 0 atom stereocenters. The van der Waals surface area contributed by atoms with Gasteiger partial charge >= 0.3 is 5.51 Å². The second kappa shape index (κ2) is 8.97. The Kier molecular flexibility index (Phi) is 7.28. The van der Waals surface area contributed by atoms with E-state index in [1.165, 1.54) is 38.2 Å². The summed E-state index contributed by atoms with van der Waals surface area (Å²) >= 11 is -0.0413. The number of rotatable bonds is 7. The van der Waals surface area contributed by atoms with Crippen LogP contribution in [0.2, 0.25) is 0 Å². The summed E-state index contributed by atoms with van der Waals surface area (Å²) in [5.74, 6) is 1.69. The minimum Gasteiger partial charge on any atom is -0.316 e. The van der Waals surface area contributed by atoms with E-state index in [1.807, 2.05) is 6.07 Å². The highest BCUT2D eigenvalue weighted by Gasteiger charge is 2.29. The topological polar surface area (TPSA) is 12.0 Å². The summed E-state index contributed by atoms with van der Waals surface area (Å²) in [6.45, 7) is 4.13. The standard InChI is InChI=1S/C18H26F3NS/c1-2-14-6-8-16(9-7-14)13-22-11-10-15-4-3-5-17(12-15)23-18(19,20)21/h3-5,12,14,16,22H,2,6-11,13H2,1H3. The van der Waals surface area contributed by atoms with Crippen LogP contribution in [-0.4, -0.2) is 18.6 Å². The molecular weight excluding hydrogens is 319 g/mol. The SMILES string of the molecule is CCC1CCC(CNCCc2cccc(SC(F)(F)F)c2)CC1. The largest absolute Gasteiger partial charge is 0.446 e. The number of hydrogen-bond donors (Lipinski definition) is 1. The summed E-state index contributed by atoms with van der Waals surface area (Å²) in [5.41, 5.74) is -3.25. The number of nitrogens with one attached hydrogen (secondary N) is 1. The van der Waals surface area contributed by atoms with Crippen LogP contribution in [0, 0.1) is 11.8 Å². The monoisotopic (exact) mass is 345 g/mol. The number of hydrogen-bond acceptors (Lipinski definition) is 2. The maximum atomic E-state index is 12.4. The minimum atomic E-state index is -4.21. The minimum absolute atomic E-state index is 0.0413. The predicted molar refractivity (Wildman–Crippen MR) is 90.7 cm³/mol. The summed E-state index contributed by atoms with van der Waals surface area (Å²) in [5, 5.41) is 3.48. The second-order valence-corrected chi connectivity index (χ2v) is 7.58. The first-order valence-electron chi connectivity index (χ1n) is 8.51. The van der Waals surface area contributed by atoms with Crippen LogP contribution in [0.5, 0.6) is 0 Å². The normalized spacial score (nSPS) is 22.3. The molecule has 1 nitrogen and oxygen atoms in total. The molecule has 0 aliphatic heterocycles. The molecule has 0 unspecified atom stereocenters. The highest BCUT2D eigenvalue weighted by molar-refractivity contribution is 8.00. The smallest absolute Gasteiger partial charge is 0.316 e. The molecule has 0 bridgehead atoms. The van der Waals surface area contributed by atoms with E-state index < -0.39 is 5.51 Å². The predicted octanol–water partition coefficient (Wildman–Crippen LogP) is 5.65. The highest BCUT2D eigenvalue weighted by Crippen LogP contribution is 2.37. The molecule has 0 radical (unpaired) electrons.